The molecule has 0 spiro atoms. The van der Waals surface area contributed by atoms with Crippen molar-refractivity contribution in [2.24, 2.45) is 0 Å². The molecule has 0 unspecified atom stereocenters. The van der Waals surface area contributed by atoms with Gasteiger partial charge in [-0.3, -0.25) is 0 Å². The van der Waals surface area contributed by atoms with Gasteiger partial charge in [0.1, 0.15) is 0 Å². The van der Waals surface area contributed by atoms with E-state index in [1.165, 1.54) is 0 Å². The van der Waals surface area contributed by atoms with Crippen molar-refractivity contribution in [3.8, 4) is 6.07 Å². The van der Waals surface area contributed by atoms with Crippen molar-refractivity contribution >= 4 is 0 Å². The quantitative estimate of drug-likeness (QED) is 0.479. The summed E-state index contributed by atoms with van der Waals surface area (Å²) in [6.45, 7) is 0. The van der Waals surface area contributed by atoms with Gasteiger partial charge in [0.05, 0.1) is 0 Å². The summed E-state index contributed by atoms with van der Waals surface area (Å²) < 4.78 is 0. The van der Waals surface area contributed by atoms with Gasteiger partial charge in [0, 0.05) is 6.07 Å². The first-order valence-electron chi connectivity index (χ1n) is 2.35. The molecule has 0 atom stereocenters. The highest BCUT2D eigenvalue weighted by Crippen LogP contribution is 2.41. The smallest absolute Gasteiger partial charge is 0.0464 e. The summed E-state index contributed by atoms with van der Waals surface area (Å²) >= 11 is 0. The summed E-state index contributed by atoms with van der Waals surface area (Å²) in [5, 5.41) is 12.2. The van der Waals surface area contributed by atoms with E-state index in [9.17, 15) is 0 Å². The van der Waals surface area contributed by atoms with E-state index in [-0.39, 0.29) is 5.54 Å². The van der Waals surface area contributed by atoms with E-state index in [1.54, 1.807) is 7.05 Å². The van der Waals surface area contributed by atoms with Gasteiger partial charge in [-0.25, -0.2) is 0 Å². The van der Waals surface area contributed by atoms with Crippen molar-refractivity contribution in [3.05, 3.63) is 5.32 Å². The fourth-order valence-electron chi connectivity index (χ4n) is 0.504. The maximum atomic E-state index is 8.31. The summed E-state index contributed by atoms with van der Waals surface area (Å²) in [7, 11) is 1.70. The first kappa shape index (κ1) is 4.61. The van der Waals surface area contributed by atoms with Crippen LogP contribution in [0.1, 0.15) is 12.8 Å². The molecule has 0 aromatic heterocycles. The predicted molar refractivity (Wildman–Crippen MR) is 26.9 cm³/mol. The summed E-state index contributed by atoms with van der Waals surface area (Å²) in [5.41, 5.74) is -0.236. The molecule has 0 heterocycles. The van der Waals surface area contributed by atoms with Crippen LogP contribution in [0.25, 0.3) is 5.32 Å². The fraction of sp³-hybridized carbons (Fsp3) is 0.800. The van der Waals surface area contributed by atoms with Gasteiger partial charge in [-0.1, -0.05) is 12.8 Å². The standard InChI is InChI=1S/C5H7N2/c1-7-5(4-6)2-3-5/h2-3H2,1H3/q-1. The van der Waals surface area contributed by atoms with Crippen LogP contribution in [0.5, 0.6) is 0 Å². The van der Waals surface area contributed by atoms with Crippen molar-refractivity contribution in [2.75, 3.05) is 7.05 Å². The second-order valence-electron chi connectivity index (χ2n) is 1.87. The van der Waals surface area contributed by atoms with Crippen LogP contribution in [-0.4, -0.2) is 12.6 Å². The zero-order valence-corrected chi connectivity index (χ0v) is 4.31. The maximum absolute atomic E-state index is 8.31. The molecule has 1 fully saturated rings. The zero-order valence-electron chi connectivity index (χ0n) is 4.31. The third-order valence-corrected chi connectivity index (χ3v) is 1.36. The van der Waals surface area contributed by atoms with Gasteiger partial charge in [0.25, 0.3) is 0 Å². The molecule has 0 bridgehead atoms. The lowest BCUT2D eigenvalue weighted by molar-refractivity contribution is 0.981. The van der Waals surface area contributed by atoms with E-state index in [0.29, 0.717) is 0 Å². The SMILES string of the molecule is C[N-]C1(C#N)CC1. The van der Waals surface area contributed by atoms with Crippen molar-refractivity contribution in [3.63, 3.8) is 0 Å². The monoisotopic (exact) mass is 95.1 g/mol. The third-order valence-electron chi connectivity index (χ3n) is 1.36. The minimum atomic E-state index is -0.236. The van der Waals surface area contributed by atoms with Gasteiger partial charge in [-0.2, -0.15) is 12.3 Å². The Labute approximate surface area is 43.1 Å². The van der Waals surface area contributed by atoms with E-state index < -0.39 is 0 Å². The molecule has 1 rings (SSSR count). The van der Waals surface area contributed by atoms with Crippen molar-refractivity contribution in [1.82, 2.24) is 0 Å². The number of nitriles is 1. The van der Waals surface area contributed by atoms with Crippen molar-refractivity contribution in [1.29, 1.82) is 5.26 Å². The van der Waals surface area contributed by atoms with Crippen LogP contribution in [0.3, 0.4) is 0 Å². The second kappa shape index (κ2) is 1.21. The van der Waals surface area contributed by atoms with Crippen LogP contribution < -0.4 is 0 Å². The van der Waals surface area contributed by atoms with Crippen LogP contribution in [0.4, 0.5) is 0 Å². The summed E-state index contributed by atoms with van der Waals surface area (Å²) in [6.07, 6.45) is 1.94. The van der Waals surface area contributed by atoms with Gasteiger partial charge in [-0.15, -0.1) is 0 Å². The largest absolute Gasteiger partial charge is 0.647 e. The number of hydrogen-bond acceptors (Lipinski definition) is 1. The van der Waals surface area contributed by atoms with E-state index in [2.05, 4.69) is 11.4 Å². The molecular formula is C5H7N2-. The van der Waals surface area contributed by atoms with Crippen LogP contribution in [0.15, 0.2) is 0 Å². The minimum Gasteiger partial charge on any atom is -0.647 e. The molecule has 7 heavy (non-hydrogen) atoms. The Morgan fingerprint density at radius 1 is 1.71 bits per heavy atom. The van der Waals surface area contributed by atoms with Crippen LogP contribution >= 0.6 is 0 Å². The molecule has 0 N–H and O–H groups in total. The Kier molecular flexibility index (Phi) is 0.795. The molecule has 1 aliphatic rings. The Balaban J connectivity index is 2.47. The lowest BCUT2D eigenvalue weighted by Gasteiger charge is -2.16. The zero-order chi connectivity index (χ0) is 5.33. The summed E-state index contributed by atoms with van der Waals surface area (Å²) in [4.78, 5) is 0. The van der Waals surface area contributed by atoms with Gasteiger partial charge >= 0.3 is 0 Å². The Morgan fingerprint density at radius 3 is 2.29 bits per heavy atom. The highest BCUT2D eigenvalue weighted by molar-refractivity contribution is 5.28. The summed E-state index contributed by atoms with van der Waals surface area (Å²) in [5.74, 6) is 0. The second-order valence-corrected chi connectivity index (χ2v) is 1.87. The molecular weight excluding hydrogens is 88.1 g/mol. The molecule has 0 amide bonds. The van der Waals surface area contributed by atoms with E-state index in [0.717, 1.165) is 12.8 Å². The lowest BCUT2D eigenvalue weighted by Crippen LogP contribution is -1.98. The van der Waals surface area contributed by atoms with Crippen molar-refractivity contribution < 1.29 is 0 Å². The highest BCUT2D eigenvalue weighted by Gasteiger charge is 2.31. The Bertz CT molecular complexity index is 108. The molecule has 1 aliphatic carbocycles. The first-order valence-corrected chi connectivity index (χ1v) is 2.35. The van der Waals surface area contributed by atoms with Crippen LogP contribution in [0.2, 0.25) is 0 Å². The first-order chi connectivity index (χ1) is 3.33. The summed E-state index contributed by atoms with van der Waals surface area (Å²) in [6, 6.07) is 2.14. The van der Waals surface area contributed by atoms with Gasteiger partial charge in [0.2, 0.25) is 0 Å². The topological polar surface area (TPSA) is 37.9 Å². The molecule has 0 aliphatic heterocycles. The van der Waals surface area contributed by atoms with Crippen LogP contribution in [-0.2, 0) is 0 Å². The molecule has 2 heteroatoms. The Morgan fingerprint density at radius 2 is 2.29 bits per heavy atom. The van der Waals surface area contributed by atoms with Crippen LogP contribution in [0, 0.1) is 11.3 Å². The van der Waals surface area contributed by atoms with Gasteiger partial charge < -0.3 is 5.32 Å². The average Bonchev–Trinajstić information content (AvgIpc) is 2.46. The van der Waals surface area contributed by atoms with Gasteiger partial charge in [0.15, 0.2) is 0 Å². The fourth-order valence-corrected chi connectivity index (χ4v) is 0.504. The molecule has 0 saturated heterocycles. The normalized spacial score (nSPS) is 23.4. The lowest BCUT2D eigenvalue weighted by atomic mass is 10.3. The molecule has 0 radical (unpaired) electrons. The number of hydrogen-bond donors (Lipinski definition) is 0. The molecule has 0 aromatic carbocycles. The van der Waals surface area contributed by atoms with E-state index >= 15 is 0 Å². The Hall–Kier alpha value is -0.550. The third kappa shape index (κ3) is 0.594. The van der Waals surface area contributed by atoms with E-state index in [4.69, 9.17) is 5.26 Å². The molecule has 2 nitrogen and oxygen atoms in total. The predicted octanol–water partition coefficient (Wildman–Crippen LogP) is 1.05. The average molecular weight is 95.1 g/mol. The van der Waals surface area contributed by atoms with Gasteiger partial charge in [-0.05, 0) is 5.54 Å². The molecule has 38 valence electrons. The number of rotatable bonds is 1. The highest BCUT2D eigenvalue weighted by atomic mass is 15.0. The van der Waals surface area contributed by atoms with E-state index in [1.807, 2.05) is 0 Å². The minimum absolute atomic E-state index is 0.236. The molecule has 1 saturated carbocycles. The maximum Gasteiger partial charge on any atom is 0.0464 e. The number of nitrogens with zero attached hydrogens (tertiary/aromatic N) is 2. The molecule has 0 aromatic rings. The van der Waals surface area contributed by atoms with Crippen molar-refractivity contribution in [2.45, 2.75) is 18.4 Å².